The van der Waals surface area contributed by atoms with Gasteiger partial charge in [-0.1, -0.05) is 54.7 Å². The van der Waals surface area contributed by atoms with E-state index in [2.05, 4.69) is 0 Å². The maximum absolute atomic E-state index is 9.64. The van der Waals surface area contributed by atoms with E-state index in [0.717, 1.165) is 18.2 Å². The molecule has 0 saturated heterocycles. The number of allylic oxidation sites excluding steroid dienone is 9. The number of aliphatic carboxylic acids is 3. The van der Waals surface area contributed by atoms with Gasteiger partial charge >= 0.3 is 41.3 Å². The van der Waals surface area contributed by atoms with Gasteiger partial charge in [0.05, 0.1) is 17.9 Å². The van der Waals surface area contributed by atoms with Gasteiger partial charge in [0.1, 0.15) is 0 Å². The van der Waals surface area contributed by atoms with Gasteiger partial charge in [-0.25, -0.2) is 0 Å². The average molecular weight is 474 g/mol. The van der Waals surface area contributed by atoms with Crippen molar-refractivity contribution < 1.29 is 71.0 Å². The molecular formula is C18H21O6Pr. The van der Waals surface area contributed by atoms with Gasteiger partial charge in [0.15, 0.2) is 0 Å². The van der Waals surface area contributed by atoms with Crippen LogP contribution in [0.15, 0.2) is 72.9 Å². The Balaban J connectivity index is -0.000000130. The molecule has 25 heavy (non-hydrogen) atoms. The monoisotopic (exact) mass is 474 g/mol. The number of hydrogen-bond donors (Lipinski definition) is 0. The molecule has 0 spiro atoms. The summed E-state index contributed by atoms with van der Waals surface area (Å²) in [4.78, 5) is 28.9. The van der Waals surface area contributed by atoms with Gasteiger partial charge in [-0.3, -0.25) is 0 Å². The molecule has 0 aliphatic heterocycles. The molecule has 0 aromatic rings. The van der Waals surface area contributed by atoms with Crippen LogP contribution in [0.5, 0.6) is 0 Å². The number of carbonyl (C=O) groups excluding carboxylic acids is 3. The van der Waals surface area contributed by atoms with Gasteiger partial charge < -0.3 is 29.7 Å². The number of rotatable bonds is 6. The number of hydrogen-bond acceptors (Lipinski definition) is 6. The molecule has 0 aliphatic rings. The summed E-state index contributed by atoms with van der Waals surface area (Å²) in [5.41, 5.74) is 0. The van der Waals surface area contributed by atoms with E-state index in [0.29, 0.717) is 0 Å². The van der Waals surface area contributed by atoms with E-state index in [1.54, 1.807) is 57.2 Å². The van der Waals surface area contributed by atoms with Crippen molar-refractivity contribution in [1.82, 2.24) is 0 Å². The Morgan fingerprint density at radius 2 is 0.720 bits per heavy atom. The van der Waals surface area contributed by atoms with Crippen LogP contribution in [-0.4, -0.2) is 17.9 Å². The fourth-order valence-corrected chi connectivity index (χ4v) is 0.736. The average Bonchev–Trinajstić information content (AvgIpc) is 2.48. The van der Waals surface area contributed by atoms with E-state index in [4.69, 9.17) is 0 Å². The molecule has 0 aromatic heterocycles. The number of carbonyl (C=O) groups is 3. The van der Waals surface area contributed by atoms with Crippen LogP contribution in [0.4, 0.5) is 0 Å². The number of carboxylic acid groups (broad SMARTS) is 3. The van der Waals surface area contributed by atoms with Gasteiger partial charge in [0.25, 0.3) is 0 Å². The van der Waals surface area contributed by atoms with Crippen molar-refractivity contribution in [3.63, 3.8) is 0 Å². The molecule has 0 fully saturated rings. The van der Waals surface area contributed by atoms with Crippen LogP contribution in [-0.2, 0) is 14.4 Å². The second-order valence-corrected chi connectivity index (χ2v) is 3.61. The summed E-state index contributed by atoms with van der Waals surface area (Å²) >= 11 is 0. The molecule has 0 saturated carbocycles. The van der Waals surface area contributed by atoms with Crippen LogP contribution >= 0.6 is 0 Å². The van der Waals surface area contributed by atoms with E-state index in [9.17, 15) is 29.7 Å². The van der Waals surface area contributed by atoms with Gasteiger partial charge in [0, 0.05) is 0 Å². The van der Waals surface area contributed by atoms with E-state index in [1.807, 2.05) is 0 Å². The minimum absolute atomic E-state index is 0. The molecule has 0 bridgehead atoms. The molecule has 0 radical (unpaired) electrons. The summed E-state index contributed by atoms with van der Waals surface area (Å²) in [7, 11) is 0. The van der Waals surface area contributed by atoms with Gasteiger partial charge in [-0.05, 0) is 39.0 Å². The fraction of sp³-hybridized carbons (Fsp3) is 0.167. The predicted molar refractivity (Wildman–Crippen MR) is 86.9 cm³/mol. The summed E-state index contributed by atoms with van der Waals surface area (Å²) < 4.78 is 0. The molecule has 7 heteroatoms. The Labute approximate surface area is 181 Å². The smallest absolute Gasteiger partial charge is 0.545 e. The second kappa shape index (κ2) is 27.1. The summed E-state index contributed by atoms with van der Waals surface area (Å²) in [6.45, 7) is 5.42. The molecular weight excluding hydrogens is 453 g/mol. The first-order valence-corrected chi connectivity index (χ1v) is 6.82. The van der Waals surface area contributed by atoms with E-state index in [1.165, 1.54) is 18.2 Å². The number of carboxylic acids is 3. The minimum atomic E-state index is -1.16. The van der Waals surface area contributed by atoms with Crippen LogP contribution in [0.3, 0.4) is 0 Å². The van der Waals surface area contributed by atoms with Gasteiger partial charge in [-0.2, -0.15) is 0 Å². The molecule has 132 valence electrons. The molecule has 0 aromatic carbocycles. The molecule has 0 aliphatic carbocycles. The Hall–Kier alpha value is -1.79. The summed E-state index contributed by atoms with van der Waals surface area (Å²) in [6.07, 6.45) is 17.2. The molecule has 0 N–H and O–H groups in total. The van der Waals surface area contributed by atoms with Gasteiger partial charge in [-0.15, -0.1) is 0 Å². The zero-order chi connectivity index (χ0) is 19.2. The molecule has 0 atom stereocenters. The van der Waals surface area contributed by atoms with Crippen LogP contribution < -0.4 is 15.3 Å². The maximum Gasteiger partial charge on any atom is 3.00 e. The maximum atomic E-state index is 9.64. The van der Waals surface area contributed by atoms with Gasteiger partial charge in [0.2, 0.25) is 0 Å². The van der Waals surface area contributed by atoms with Crippen molar-refractivity contribution in [2.24, 2.45) is 0 Å². The molecule has 0 amide bonds. The zero-order valence-corrected chi connectivity index (χ0v) is 18.2. The molecule has 0 heterocycles. The van der Waals surface area contributed by atoms with Crippen molar-refractivity contribution in [1.29, 1.82) is 0 Å². The largest absolute Gasteiger partial charge is 3.00 e. The third kappa shape index (κ3) is 52.0. The van der Waals surface area contributed by atoms with Crippen LogP contribution in [0.1, 0.15) is 20.8 Å². The van der Waals surface area contributed by atoms with Crippen LogP contribution in [0, 0.1) is 41.3 Å². The third-order valence-corrected chi connectivity index (χ3v) is 1.61. The van der Waals surface area contributed by atoms with Crippen molar-refractivity contribution in [3.05, 3.63) is 72.9 Å². The van der Waals surface area contributed by atoms with Crippen LogP contribution in [0.2, 0.25) is 0 Å². The van der Waals surface area contributed by atoms with Crippen molar-refractivity contribution in [2.45, 2.75) is 20.8 Å². The normalized spacial score (nSPS) is 10.7. The second-order valence-electron chi connectivity index (χ2n) is 3.61. The van der Waals surface area contributed by atoms with Crippen molar-refractivity contribution in [3.8, 4) is 0 Å². The Morgan fingerprint density at radius 3 is 0.840 bits per heavy atom. The Kier molecular flexibility index (Phi) is 33.6. The fourth-order valence-electron chi connectivity index (χ4n) is 0.736. The molecule has 0 unspecified atom stereocenters. The first-order chi connectivity index (χ1) is 11.3. The Bertz CT molecular complexity index is 450. The summed E-state index contributed by atoms with van der Waals surface area (Å²) in [6, 6.07) is 0. The standard InChI is InChI=1S/3C6H8O2.Pr/c3*1-2-3-4-5-6(7)8;/h3*2-5H,1H3,(H,7,8);/q;;;+3/p-3/b3*3-2+,5-4+;. The summed E-state index contributed by atoms with van der Waals surface area (Å²) in [5, 5.41) is 28.9. The third-order valence-electron chi connectivity index (χ3n) is 1.61. The molecule has 6 nitrogen and oxygen atoms in total. The van der Waals surface area contributed by atoms with Crippen LogP contribution in [0.25, 0.3) is 0 Å². The topological polar surface area (TPSA) is 120 Å². The SMILES string of the molecule is C/C=C/C=C/C(=O)[O-].C/C=C/C=C/C(=O)[O-].C/C=C/C=C/C(=O)[O-].[Pr+3]. The molecule has 0 rings (SSSR count). The minimum Gasteiger partial charge on any atom is -0.545 e. The van der Waals surface area contributed by atoms with Crippen molar-refractivity contribution in [2.75, 3.05) is 0 Å². The summed E-state index contributed by atoms with van der Waals surface area (Å²) in [5.74, 6) is -3.49. The quantitative estimate of drug-likeness (QED) is 0.382. The first kappa shape index (κ1) is 31.0. The first-order valence-electron chi connectivity index (χ1n) is 6.82. The van der Waals surface area contributed by atoms with E-state index >= 15 is 0 Å². The van der Waals surface area contributed by atoms with E-state index < -0.39 is 17.9 Å². The van der Waals surface area contributed by atoms with E-state index in [-0.39, 0.29) is 41.3 Å². The Morgan fingerprint density at radius 1 is 0.520 bits per heavy atom. The predicted octanol–water partition coefficient (Wildman–Crippen LogP) is -0.394. The van der Waals surface area contributed by atoms with Crippen molar-refractivity contribution >= 4 is 17.9 Å². The zero-order valence-electron chi connectivity index (χ0n) is 14.5.